The molecule has 0 bridgehead atoms. The molecule has 1 saturated heterocycles. The lowest BCUT2D eigenvalue weighted by Gasteiger charge is -2.26. The van der Waals surface area contributed by atoms with Gasteiger partial charge >= 0.3 is 0 Å². The van der Waals surface area contributed by atoms with E-state index in [0.717, 1.165) is 63.4 Å². The average Bonchev–Trinajstić information content (AvgIpc) is 3.62. The molecule has 2 aromatic carbocycles. The maximum absolute atomic E-state index is 13.8. The van der Waals surface area contributed by atoms with Gasteiger partial charge in [0, 0.05) is 36.7 Å². The van der Waals surface area contributed by atoms with Gasteiger partial charge in [0.15, 0.2) is 11.5 Å². The molecule has 0 radical (unpaired) electrons. The largest absolute Gasteiger partial charge is 0.497 e. The van der Waals surface area contributed by atoms with E-state index >= 15 is 0 Å². The van der Waals surface area contributed by atoms with Gasteiger partial charge in [0.2, 0.25) is 0 Å². The number of thiophene rings is 1. The number of rotatable bonds is 9. The van der Waals surface area contributed by atoms with Gasteiger partial charge < -0.3 is 23.8 Å². The summed E-state index contributed by atoms with van der Waals surface area (Å²) in [7, 11) is 4.88. The minimum Gasteiger partial charge on any atom is -0.497 e. The number of hydrogen-bond acceptors (Lipinski definition) is 7. The Kier molecular flexibility index (Phi) is 7.81. The van der Waals surface area contributed by atoms with Crippen LogP contribution in [0.1, 0.15) is 33.6 Å². The van der Waals surface area contributed by atoms with Crippen LogP contribution in [0.15, 0.2) is 53.9 Å². The van der Waals surface area contributed by atoms with Crippen molar-refractivity contribution in [2.75, 3.05) is 34.5 Å². The lowest BCUT2D eigenvalue weighted by Crippen LogP contribution is -2.37. The fraction of sp³-hybridized carbons (Fsp3) is 0.333. The third-order valence-electron chi connectivity index (χ3n) is 6.89. The first-order chi connectivity index (χ1) is 18.5. The molecular formula is C30H32N2O5S. The number of benzene rings is 2. The molecule has 8 heteroatoms. The number of carbonyl (C=O) groups excluding carboxylic acids is 1. The molecule has 4 aromatic rings. The summed E-state index contributed by atoms with van der Waals surface area (Å²) in [5.41, 5.74) is 4.39. The molecule has 198 valence electrons. The second-order valence-corrected chi connectivity index (χ2v) is 10.3. The minimum absolute atomic E-state index is 0.0111. The van der Waals surface area contributed by atoms with Crippen LogP contribution in [0.3, 0.4) is 0 Å². The maximum Gasteiger partial charge on any atom is 0.264 e. The van der Waals surface area contributed by atoms with Gasteiger partial charge in [-0.25, -0.2) is 4.98 Å². The highest BCUT2D eigenvalue weighted by atomic mass is 32.1. The highest BCUT2D eigenvalue weighted by Gasteiger charge is 2.26. The quantitative estimate of drug-likeness (QED) is 0.259. The number of pyridine rings is 1. The molecule has 0 spiro atoms. The van der Waals surface area contributed by atoms with Gasteiger partial charge in [-0.15, -0.1) is 11.3 Å². The summed E-state index contributed by atoms with van der Waals surface area (Å²) < 4.78 is 22.5. The first-order valence-corrected chi connectivity index (χ1v) is 13.5. The zero-order chi connectivity index (χ0) is 26.6. The Morgan fingerprint density at radius 2 is 1.89 bits per heavy atom. The van der Waals surface area contributed by atoms with Gasteiger partial charge in [-0.1, -0.05) is 12.1 Å². The van der Waals surface area contributed by atoms with Crippen molar-refractivity contribution in [3.05, 3.63) is 69.9 Å². The fourth-order valence-electron chi connectivity index (χ4n) is 4.88. The number of aromatic nitrogens is 1. The summed E-state index contributed by atoms with van der Waals surface area (Å²) in [6, 6.07) is 15.7. The Morgan fingerprint density at radius 3 is 2.58 bits per heavy atom. The Labute approximate surface area is 226 Å². The SMILES string of the molecule is COc1cccc(-c2nc3cc(OC)c(OC)cc3cc2CN(C[C@H]2CCCO2)C(=O)c2sccc2C)c1. The molecule has 0 saturated carbocycles. The zero-order valence-corrected chi connectivity index (χ0v) is 23.0. The first-order valence-electron chi connectivity index (χ1n) is 12.7. The van der Waals surface area contributed by atoms with Crippen molar-refractivity contribution in [2.24, 2.45) is 0 Å². The third kappa shape index (κ3) is 5.33. The highest BCUT2D eigenvalue weighted by Crippen LogP contribution is 2.35. The predicted molar refractivity (Wildman–Crippen MR) is 150 cm³/mol. The predicted octanol–water partition coefficient (Wildman–Crippen LogP) is 6.12. The number of ether oxygens (including phenoxy) is 4. The molecule has 1 aliphatic heterocycles. The number of fused-ring (bicyclic) bond motifs is 1. The first kappa shape index (κ1) is 26.0. The summed E-state index contributed by atoms with van der Waals surface area (Å²) in [6.07, 6.45) is 1.99. The Bertz CT molecular complexity index is 1440. The number of amides is 1. The van der Waals surface area contributed by atoms with Crippen molar-refractivity contribution in [1.82, 2.24) is 9.88 Å². The molecule has 1 aliphatic rings. The van der Waals surface area contributed by atoms with E-state index in [2.05, 4.69) is 6.07 Å². The van der Waals surface area contributed by atoms with Crippen LogP contribution in [-0.2, 0) is 11.3 Å². The van der Waals surface area contributed by atoms with Gasteiger partial charge in [-0.2, -0.15) is 0 Å². The molecule has 0 N–H and O–H groups in total. The van der Waals surface area contributed by atoms with Crippen molar-refractivity contribution in [2.45, 2.75) is 32.4 Å². The third-order valence-corrected chi connectivity index (χ3v) is 7.90. The van der Waals surface area contributed by atoms with E-state index in [4.69, 9.17) is 23.9 Å². The van der Waals surface area contributed by atoms with Crippen LogP contribution in [0, 0.1) is 6.92 Å². The van der Waals surface area contributed by atoms with Crippen LogP contribution >= 0.6 is 11.3 Å². The van der Waals surface area contributed by atoms with Gasteiger partial charge in [0.25, 0.3) is 5.91 Å². The van der Waals surface area contributed by atoms with E-state index in [9.17, 15) is 4.79 Å². The molecular weight excluding hydrogens is 500 g/mol. The number of nitrogens with zero attached hydrogens (tertiary/aromatic N) is 2. The van der Waals surface area contributed by atoms with Crippen molar-refractivity contribution >= 4 is 28.1 Å². The molecule has 38 heavy (non-hydrogen) atoms. The summed E-state index contributed by atoms with van der Waals surface area (Å²) in [6.45, 7) is 3.63. The van der Waals surface area contributed by atoms with Crippen LogP contribution in [0.5, 0.6) is 17.2 Å². The Hall–Kier alpha value is -3.62. The van der Waals surface area contributed by atoms with E-state index in [1.165, 1.54) is 11.3 Å². The molecule has 0 aliphatic carbocycles. The summed E-state index contributed by atoms with van der Waals surface area (Å²) >= 11 is 1.48. The number of aryl methyl sites for hydroxylation is 1. The van der Waals surface area contributed by atoms with E-state index in [-0.39, 0.29) is 12.0 Å². The lowest BCUT2D eigenvalue weighted by atomic mass is 10.0. The van der Waals surface area contributed by atoms with Gasteiger partial charge in [-0.3, -0.25) is 4.79 Å². The Balaban J connectivity index is 1.63. The van der Waals surface area contributed by atoms with Gasteiger partial charge in [0.05, 0.1) is 43.5 Å². The summed E-state index contributed by atoms with van der Waals surface area (Å²) in [5, 5.41) is 2.87. The average molecular weight is 533 g/mol. The normalized spacial score (nSPS) is 15.0. The van der Waals surface area contributed by atoms with Crippen LogP contribution in [0.2, 0.25) is 0 Å². The smallest absolute Gasteiger partial charge is 0.264 e. The van der Waals surface area contributed by atoms with E-state index < -0.39 is 0 Å². The number of methoxy groups -OCH3 is 3. The van der Waals surface area contributed by atoms with Crippen molar-refractivity contribution < 1.29 is 23.7 Å². The highest BCUT2D eigenvalue weighted by molar-refractivity contribution is 7.12. The van der Waals surface area contributed by atoms with Crippen molar-refractivity contribution in [1.29, 1.82) is 0 Å². The molecule has 1 atom stereocenters. The van der Waals surface area contributed by atoms with Gasteiger partial charge in [0.1, 0.15) is 5.75 Å². The molecule has 1 amide bonds. The molecule has 1 fully saturated rings. The lowest BCUT2D eigenvalue weighted by molar-refractivity contribution is 0.0510. The zero-order valence-electron chi connectivity index (χ0n) is 22.2. The van der Waals surface area contributed by atoms with Crippen molar-refractivity contribution in [3.8, 4) is 28.5 Å². The standard InChI is InChI=1S/C30H32N2O5S/c1-19-10-12-38-29(19)30(33)32(18-24-9-6-11-37-24)17-22-13-21-15-26(35-3)27(36-4)16-25(21)31-28(22)20-7-5-8-23(14-20)34-2/h5,7-8,10,12-16,24H,6,9,11,17-18H2,1-4H3/t24-/m1/s1. The van der Waals surface area contributed by atoms with Crippen LogP contribution in [0.25, 0.3) is 22.2 Å². The molecule has 5 rings (SSSR count). The number of carbonyl (C=O) groups is 1. The van der Waals surface area contributed by atoms with Gasteiger partial charge in [-0.05, 0) is 66.6 Å². The second kappa shape index (κ2) is 11.4. The van der Waals surface area contributed by atoms with E-state index in [0.29, 0.717) is 24.6 Å². The maximum atomic E-state index is 13.8. The molecule has 2 aromatic heterocycles. The summed E-state index contributed by atoms with van der Waals surface area (Å²) in [4.78, 5) is 21.6. The number of hydrogen-bond donors (Lipinski definition) is 0. The second-order valence-electron chi connectivity index (χ2n) is 9.38. The van der Waals surface area contributed by atoms with E-state index in [1.807, 2.05) is 59.7 Å². The monoisotopic (exact) mass is 532 g/mol. The fourth-order valence-corrected chi connectivity index (χ4v) is 5.77. The van der Waals surface area contributed by atoms with Crippen molar-refractivity contribution in [3.63, 3.8) is 0 Å². The topological polar surface area (TPSA) is 70.1 Å². The van der Waals surface area contributed by atoms with E-state index in [1.54, 1.807) is 21.3 Å². The van der Waals surface area contributed by atoms with Crippen LogP contribution in [0.4, 0.5) is 0 Å². The summed E-state index contributed by atoms with van der Waals surface area (Å²) in [5.74, 6) is 1.99. The minimum atomic E-state index is 0.0111. The molecule has 0 unspecified atom stereocenters. The van der Waals surface area contributed by atoms with Crippen LogP contribution < -0.4 is 14.2 Å². The molecule has 7 nitrogen and oxygen atoms in total. The molecule has 3 heterocycles. The van der Waals surface area contributed by atoms with Crippen LogP contribution in [-0.4, -0.2) is 56.4 Å². The Morgan fingerprint density at radius 1 is 1.08 bits per heavy atom.